The van der Waals surface area contributed by atoms with Crippen LogP contribution in [0.1, 0.15) is 19.7 Å². The molecule has 0 saturated carbocycles. The summed E-state index contributed by atoms with van der Waals surface area (Å²) in [6, 6.07) is 0. The maximum Gasteiger partial charge on any atom is 0.328 e. The molecule has 2 aromatic heterocycles. The van der Waals surface area contributed by atoms with Crippen molar-refractivity contribution in [2.75, 3.05) is 5.73 Å². The quantitative estimate of drug-likeness (QED) is 0.731. The minimum atomic E-state index is -0.436. The van der Waals surface area contributed by atoms with Crippen LogP contribution < -0.4 is 5.73 Å². The number of anilines is 1. The van der Waals surface area contributed by atoms with Crippen molar-refractivity contribution in [2.45, 2.75) is 33.5 Å². The highest BCUT2D eigenvalue weighted by atomic mass is 16.5. The van der Waals surface area contributed by atoms with E-state index in [1.165, 1.54) is 17.3 Å². The largest absolute Gasteiger partial charge is 0.456 e. The molecule has 9 heteroatoms. The van der Waals surface area contributed by atoms with E-state index in [1.54, 1.807) is 4.68 Å². The molecule has 0 spiro atoms. The summed E-state index contributed by atoms with van der Waals surface area (Å²) in [5.41, 5.74) is 5.35. The van der Waals surface area contributed by atoms with Crippen LogP contribution in [0.2, 0.25) is 0 Å². The summed E-state index contributed by atoms with van der Waals surface area (Å²) in [7, 11) is 0. The summed E-state index contributed by atoms with van der Waals surface area (Å²) in [4.78, 5) is 19.4. The van der Waals surface area contributed by atoms with Crippen LogP contribution in [0.4, 0.5) is 5.95 Å². The molecule has 0 radical (unpaired) electrons. The lowest BCUT2D eigenvalue weighted by atomic mass is 10.2. The molecule has 0 aliphatic carbocycles. The molecule has 2 heterocycles. The van der Waals surface area contributed by atoms with E-state index in [9.17, 15) is 4.79 Å². The summed E-state index contributed by atoms with van der Waals surface area (Å²) in [6.07, 6.45) is 2.82. The van der Waals surface area contributed by atoms with Crippen molar-refractivity contribution in [3.63, 3.8) is 0 Å². The lowest BCUT2D eigenvalue weighted by Gasteiger charge is -2.09. The third-order valence-corrected chi connectivity index (χ3v) is 2.44. The van der Waals surface area contributed by atoms with Gasteiger partial charge in [0.25, 0.3) is 0 Å². The van der Waals surface area contributed by atoms with E-state index >= 15 is 0 Å². The first-order valence-corrected chi connectivity index (χ1v) is 6.22. The molecule has 0 aromatic carbocycles. The number of nitrogens with zero attached hydrogens (tertiary/aromatic N) is 6. The normalized spacial score (nSPS) is 10.9. The van der Waals surface area contributed by atoms with Crippen LogP contribution in [0, 0.1) is 5.92 Å². The molecule has 2 N–H and O–H groups in total. The third kappa shape index (κ3) is 3.77. The third-order valence-electron chi connectivity index (χ3n) is 2.44. The number of carbonyl (C=O) groups is 1. The Hall–Kier alpha value is -2.45. The zero-order valence-electron chi connectivity index (χ0n) is 11.4. The van der Waals surface area contributed by atoms with Gasteiger partial charge in [0.05, 0.1) is 0 Å². The summed E-state index contributed by atoms with van der Waals surface area (Å²) < 4.78 is 8.17. The Morgan fingerprint density at radius 1 is 1.45 bits per heavy atom. The van der Waals surface area contributed by atoms with Crippen LogP contribution in [-0.2, 0) is 29.2 Å². The van der Waals surface area contributed by atoms with Gasteiger partial charge in [0.15, 0.2) is 12.4 Å². The lowest BCUT2D eigenvalue weighted by Crippen LogP contribution is -2.17. The maximum atomic E-state index is 11.6. The predicted octanol–water partition coefficient (Wildman–Crippen LogP) is -0.149. The van der Waals surface area contributed by atoms with Gasteiger partial charge in [0, 0.05) is 6.54 Å². The molecular formula is C11H17N7O2. The van der Waals surface area contributed by atoms with E-state index in [2.05, 4.69) is 34.0 Å². The Kier molecular flexibility index (Phi) is 4.28. The summed E-state index contributed by atoms with van der Waals surface area (Å²) in [5, 5.41) is 7.89. The predicted molar refractivity (Wildman–Crippen MR) is 69.1 cm³/mol. The van der Waals surface area contributed by atoms with E-state index in [0.717, 1.165) is 6.54 Å². The van der Waals surface area contributed by atoms with Crippen LogP contribution in [0.3, 0.4) is 0 Å². The van der Waals surface area contributed by atoms with Gasteiger partial charge in [-0.1, -0.05) is 13.8 Å². The number of hydrogen-bond acceptors (Lipinski definition) is 7. The molecule has 9 nitrogen and oxygen atoms in total. The minimum Gasteiger partial charge on any atom is -0.456 e. The number of carbonyl (C=O) groups excluding carboxylic acids is 1. The first-order chi connectivity index (χ1) is 9.54. The SMILES string of the molecule is CC(C)Cn1ncnc1COC(=O)Cn1cnc(N)n1. The lowest BCUT2D eigenvalue weighted by molar-refractivity contribution is -0.146. The van der Waals surface area contributed by atoms with Crippen molar-refractivity contribution in [3.8, 4) is 0 Å². The van der Waals surface area contributed by atoms with Gasteiger partial charge < -0.3 is 10.5 Å². The molecule has 0 atom stereocenters. The molecule has 0 amide bonds. The van der Waals surface area contributed by atoms with Gasteiger partial charge in [-0.25, -0.2) is 19.3 Å². The zero-order valence-corrected chi connectivity index (χ0v) is 11.4. The van der Waals surface area contributed by atoms with E-state index in [0.29, 0.717) is 11.7 Å². The molecule has 0 saturated heterocycles. The van der Waals surface area contributed by atoms with Gasteiger partial charge >= 0.3 is 5.97 Å². The fraction of sp³-hybridized carbons (Fsp3) is 0.545. The van der Waals surface area contributed by atoms with Crippen LogP contribution in [0.25, 0.3) is 0 Å². The highest BCUT2D eigenvalue weighted by Gasteiger charge is 2.10. The van der Waals surface area contributed by atoms with E-state index in [4.69, 9.17) is 10.5 Å². The molecule has 2 aromatic rings. The second-order valence-corrected chi connectivity index (χ2v) is 4.71. The van der Waals surface area contributed by atoms with Gasteiger partial charge in [-0.3, -0.25) is 4.79 Å². The maximum absolute atomic E-state index is 11.6. The zero-order chi connectivity index (χ0) is 14.5. The minimum absolute atomic E-state index is 0.0392. The standard InChI is InChI=1S/C11H17N7O2/c1-8(2)3-18-9(13-6-15-18)5-20-10(19)4-17-7-14-11(12)16-17/h6-8H,3-5H2,1-2H3,(H2,12,16). The van der Waals surface area contributed by atoms with E-state index in [-0.39, 0.29) is 19.1 Å². The summed E-state index contributed by atoms with van der Waals surface area (Å²) >= 11 is 0. The number of rotatable bonds is 6. The van der Waals surface area contributed by atoms with Crippen molar-refractivity contribution in [1.82, 2.24) is 29.5 Å². The summed E-state index contributed by atoms with van der Waals surface area (Å²) in [5.74, 6) is 0.734. The Morgan fingerprint density at radius 2 is 2.25 bits per heavy atom. The van der Waals surface area contributed by atoms with Crippen LogP contribution >= 0.6 is 0 Å². The fourth-order valence-electron chi connectivity index (χ4n) is 1.61. The Balaban J connectivity index is 1.85. The van der Waals surface area contributed by atoms with Gasteiger partial charge in [-0.2, -0.15) is 5.10 Å². The van der Waals surface area contributed by atoms with Gasteiger partial charge in [0.2, 0.25) is 5.95 Å². The number of ether oxygens (including phenoxy) is 1. The molecular weight excluding hydrogens is 262 g/mol. The van der Waals surface area contributed by atoms with Gasteiger partial charge in [-0.15, -0.1) is 5.10 Å². The number of aromatic nitrogens is 6. The molecule has 108 valence electrons. The van der Waals surface area contributed by atoms with Crippen LogP contribution in [0.5, 0.6) is 0 Å². The van der Waals surface area contributed by atoms with Gasteiger partial charge in [0.1, 0.15) is 19.2 Å². The molecule has 0 unspecified atom stereocenters. The van der Waals surface area contributed by atoms with Crippen molar-refractivity contribution < 1.29 is 9.53 Å². The molecule has 0 fully saturated rings. The molecule has 0 aliphatic rings. The Bertz CT molecular complexity index is 575. The van der Waals surface area contributed by atoms with Crippen LogP contribution in [-0.4, -0.2) is 35.5 Å². The summed E-state index contributed by atoms with van der Waals surface area (Å²) in [6.45, 7) is 4.92. The Morgan fingerprint density at radius 3 is 2.90 bits per heavy atom. The second kappa shape index (κ2) is 6.13. The van der Waals surface area contributed by atoms with Crippen LogP contribution in [0.15, 0.2) is 12.7 Å². The number of hydrogen-bond donors (Lipinski definition) is 1. The first-order valence-electron chi connectivity index (χ1n) is 6.22. The topological polar surface area (TPSA) is 114 Å². The van der Waals surface area contributed by atoms with Gasteiger partial charge in [-0.05, 0) is 5.92 Å². The van der Waals surface area contributed by atoms with E-state index < -0.39 is 5.97 Å². The number of nitrogens with two attached hydrogens (primary N) is 1. The molecule has 0 aliphatic heterocycles. The number of esters is 1. The monoisotopic (exact) mass is 279 g/mol. The Labute approximate surface area is 115 Å². The number of nitrogen functional groups attached to an aromatic ring is 1. The van der Waals surface area contributed by atoms with Crippen molar-refractivity contribution in [1.29, 1.82) is 0 Å². The van der Waals surface area contributed by atoms with E-state index in [1.807, 2.05) is 0 Å². The van der Waals surface area contributed by atoms with Crippen molar-refractivity contribution in [3.05, 3.63) is 18.5 Å². The average molecular weight is 279 g/mol. The molecule has 20 heavy (non-hydrogen) atoms. The highest BCUT2D eigenvalue weighted by Crippen LogP contribution is 2.03. The van der Waals surface area contributed by atoms with Crippen molar-refractivity contribution in [2.24, 2.45) is 5.92 Å². The highest BCUT2D eigenvalue weighted by molar-refractivity contribution is 5.68. The van der Waals surface area contributed by atoms with Crippen molar-refractivity contribution >= 4 is 11.9 Å². The molecule has 0 bridgehead atoms. The average Bonchev–Trinajstić information content (AvgIpc) is 2.96. The first kappa shape index (κ1) is 14.0. The second-order valence-electron chi connectivity index (χ2n) is 4.71. The smallest absolute Gasteiger partial charge is 0.328 e. The molecule has 2 rings (SSSR count). The fourth-order valence-corrected chi connectivity index (χ4v) is 1.61.